The molecule has 1 rings (SSSR count). The van der Waals surface area contributed by atoms with Crippen molar-refractivity contribution in [2.75, 3.05) is 0 Å². The Morgan fingerprint density at radius 3 is 2.55 bits per heavy atom. The predicted octanol–water partition coefficient (Wildman–Crippen LogP) is 1.64. The van der Waals surface area contributed by atoms with Gasteiger partial charge in [-0.1, -0.05) is 13.8 Å². The molecular formula is C8H15N3. The van der Waals surface area contributed by atoms with Crippen LogP contribution in [-0.2, 0) is 7.05 Å². The highest BCUT2D eigenvalue weighted by atomic mass is 15.3. The normalized spacial score (nSPS) is 13.5. The summed E-state index contributed by atoms with van der Waals surface area (Å²) < 4.78 is 1.82. The Balaban J connectivity index is 2.88. The molecular weight excluding hydrogens is 138 g/mol. The van der Waals surface area contributed by atoms with Gasteiger partial charge in [-0.2, -0.15) is 5.10 Å². The minimum Gasteiger partial charge on any atom is -0.253 e. The summed E-state index contributed by atoms with van der Waals surface area (Å²) in [6.07, 6.45) is 1.10. The van der Waals surface area contributed by atoms with Gasteiger partial charge in [0.05, 0.1) is 0 Å². The minimum atomic E-state index is 0.481. The van der Waals surface area contributed by atoms with Gasteiger partial charge in [-0.05, 0) is 13.3 Å². The summed E-state index contributed by atoms with van der Waals surface area (Å²) in [5.41, 5.74) is 0. The molecule has 0 fully saturated rings. The van der Waals surface area contributed by atoms with Crippen LogP contribution in [0.5, 0.6) is 0 Å². The third-order valence-electron chi connectivity index (χ3n) is 2.05. The lowest BCUT2D eigenvalue weighted by Gasteiger charge is -1.99. The van der Waals surface area contributed by atoms with Crippen molar-refractivity contribution in [3.05, 3.63) is 11.6 Å². The first-order chi connectivity index (χ1) is 5.15. The van der Waals surface area contributed by atoms with Gasteiger partial charge in [-0.15, -0.1) is 0 Å². The highest BCUT2D eigenvalue weighted by Gasteiger charge is 2.08. The van der Waals surface area contributed by atoms with Crippen molar-refractivity contribution in [1.82, 2.24) is 14.8 Å². The molecule has 0 aliphatic heterocycles. The van der Waals surface area contributed by atoms with Crippen molar-refractivity contribution in [2.24, 2.45) is 7.05 Å². The average molecular weight is 153 g/mol. The second kappa shape index (κ2) is 3.03. The molecule has 3 nitrogen and oxygen atoms in total. The fourth-order valence-corrected chi connectivity index (χ4v) is 0.878. The van der Waals surface area contributed by atoms with E-state index in [2.05, 4.69) is 23.9 Å². The molecule has 0 amide bonds. The fourth-order valence-electron chi connectivity index (χ4n) is 0.878. The molecule has 3 heteroatoms. The Morgan fingerprint density at radius 1 is 1.55 bits per heavy atom. The van der Waals surface area contributed by atoms with Crippen molar-refractivity contribution in [1.29, 1.82) is 0 Å². The molecule has 1 aromatic heterocycles. The molecule has 0 radical (unpaired) electrons. The largest absolute Gasteiger partial charge is 0.253 e. The highest BCUT2D eigenvalue weighted by molar-refractivity contribution is 4.95. The Kier molecular flexibility index (Phi) is 2.27. The quantitative estimate of drug-likeness (QED) is 0.646. The Labute approximate surface area is 67.4 Å². The van der Waals surface area contributed by atoms with Crippen molar-refractivity contribution in [3.8, 4) is 0 Å². The molecule has 0 saturated heterocycles. The first kappa shape index (κ1) is 8.24. The molecule has 0 aromatic carbocycles. The number of rotatable bonds is 2. The van der Waals surface area contributed by atoms with Gasteiger partial charge in [0, 0.05) is 13.0 Å². The van der Waals surface area contributed by atoms with E-state index < -0.39 is 0 Å². The number of aryl methyl sites for hydroxylation is 2. The van der Waals surface area contributed by atoms with Crippen LogP contribution >= 0.6 is 0 Å². The summed E-state index contributed by atoms with van der Waals surface area (Å²) in [6.45, 7) is 6.27. The van der Waals surface area contributed by atoms with Crippen molar-refractivity contribution in [2.45, 2.75) is 33.1 Å². The third kappa shape index (κ3) is 1.59. The van der Waals surface area contributed by atoms with Crippen LogP contribution in [0.15, 0.2) is 0 Å². The lowest BCUT2D eigenvalue weighted by Crippen LogP contribution is -1.96. The second-order valence-electron chi connectivity index (χ2n) is 2.95. The second-order valence-corrected chi connectivity index (χ2v) is 2.95. The number of nitrogens with zero attached hydrogens (tertiary/aromatic N) is 3. The van der Waals surface area contributed by atoms with Crippen LogP contribution in [0.2, 0.25) is 0 Å². The molecule has 1 aromatic rings. The van der Waals surface area contributed by atoms with Crippen molar-refractivity contribution >= 4 is 0 Å². The van der Waals surface area contributed by atoms with Gasteiger partial charge in [-0.3, -0.25) is 4.68 Å². The van der Waals surface area contributed by atoms with Crippen molar-refractivity contribution in [3.63, 3.8) is 0 Å². The fraction of sp³-hybridized carbons (Fsp3) is 0.750. The Hall–Kier alpha value is -0.860. The molecule has 1 atom stereocenters. The average Bonchev–Trinajstić information content (AvgIpc) is 2.31. The zero-order chi connectivity index (χ0) is 8.43. The summed E-state index contributed by atoms with van der Waals surface area (Å²) in [5, 5.41) is 4.29. The van der Waals surface area contributed by atoms with E-state index in [4.69, 9.17) is 0 Å². The molecule has 0 spiro atoms. The minimum absolute atomic E-state index is 0.481. The van der Waals surface area contributed by atoms with Gasteiger partial charge in [0.15, 0.2) is 5.82 Å². The van der Waals surface area contributed by atoms with E-state index in [1.807, 2.05) is 18.7 Å². The molecule has 62 valence electrons. The van der Waals surface area contributed by atoms with E-state index in [-0.39, 0.29) is 0 Å². The summed E-state index contributed by atoms with van der Waals surface area (Å²) in [5.74, 6) is 2.43. The molecule has 0 aliphatic carbocycles. The van der Waals surface area contributed by atoms with Crippen LogP contribution in [0, 0.1) is 6.92 Å². The standard InChI is InChI=1S/C8H15N3/c1-5-6(2)8-9-7(3)11(4)10-8/h6H,5H2,1-4H3. The van der Waals surface area contributed by atoms with E-state index in [1.54, 1.807) is 0 Å². The van der Waals surface area contributed by atoms with Crippen LogP contribution in [0.25, 0.3) is 0 Å². The first-order valence-electron chi connectivity index (χ1n) is 4.02. The van der Waals surface area contributed by atoms with Crippen LogP contribution in [0.3, 0.4) is 0 Å². The smallest absolute Gasteiger partial charge is 0.153 e. The number of aromatic nitrogens is 3. The summed E-state index contributed by atoms with van der Waals surface area (Å²) in [7, 11) is 1.92. The van der Waals surface area contributed by atoms with Gasteiger partial charge in [0.1, 0.15) is 5.82 Å². The van der Waals surface area contributed by atoms with Gasteiger partial charge in [0.25, 0.3) is 0 Å². The molecule has 11 heavy (non-hydrogen) atoms. The molecule has 1 unspecified atom stereocenters. The van der Waals surface area contributed by atoms with Crippen molar-refractivity contribution < 1.29 is 0 Å². The van der Waals surface area contributed by atoms with E-state index in [9.17, 15) is 0 Å². The third-order valence-corrected chi connectivity index (χ3v) is 2.05. The maximum absolute atomic E-state index is 4.33. The van der Waals surface area contributed by atoms with E-state index in [0.29, 0.717) is 5.92 Å². The molecule has 0 saturated carbocycles. The summed E-state index contributed by atoms with van der Waals surface area (Å²) >= 11 is 0. The van der Waals surface area contributed by atoms with Gasteiger partial charge >= 0.3 is 0 Å². The maximum Gasteiger partial charge on any atom is 0.153 e. The zero-order valence-electron chi connectivity index (χ0n) is 7.63. The zero-order valence-corrected chi connectivity index (χ0v) is 7.63. The van der Waals surface area contributed by atoms with Crippen LogP contribution in [0.4, 0.5) is 0 Å². The maximum atomic E-state index is 4.33. The van der Waals surface area contributed by atoms with Crippen LogP contribution in [0.1, 0.15) is 37.8 Å². The van der Waals surface area contributed by atoms with E-state index in [1.165, 1.54) is 0 Å². The number of hydrogen-bond donors (Lipinski definition) is 0. The monoisotopic (exact) mass is 153 g/mol. The highest BCUT2D eigenvalue weighted by Crippen LogP contribution is 2.13. The Morgan fingerprint density at radius 2 is 2.18 bits per heavy atom. The lowest BCUT2D eigenvalue weighted by molar-refractivity contribution is 0.653. The van der Waals surface area contributed by atoms with E-state index in [0.717, 1.165) is 18.1 Å². The SMILES string of the molecule is CCC(C)c1nc(C)n(C)n1. The number of hydrogen-bond acceptors (Lipinski definition) is 2. The lowest BCUT2D eigenvalue weighted by atomic mass is 10.1. The molecule has 0 N–H and O–H groups in total. The van der Waals surface area contributed by atoms with Gasteiger partial charge < -0.3 is 0 Å². The Bertz CT molecular complexity index is 220. The van der Waals surface area contributed by atoms with E-state index >= 15 is 0 Å². The molecule has 1 heterocycles. The summed E-state index contributed by atoms with van der Waals surface area (Å²) in [6, 6.07) is 0. The van der Waals surface area contributed by atoms with Crippen LogP contribution < -0.4 is 0 Å². The topological polar surface area (TPSA) is 30.7 Å². The van der Waals surface area contributed by atoms with Crippen LogP contribution in [-0.4, -0.2) is 14.8 Å². The molecule has 0 bridgehead atoms. The predicted molar refractivity (Wildman–Crippen MR) is 44.4 cm³/mol. The first-order valence-corrected chi connectivity index (χ1v) is 4.02. The summed E-state index contributed by atoms with van der Waals surface area (Å²) in [4.78, 5) is 4.33. The van der Waals surface area contributed by atoms with Gasteiger partial charge in [0.2, 0.25) is 0 Å². The van der Waals surface area contributed by atoms with Gasteiger partial charge in [-0.25, -0.2) is 4.98 Å². The molecule has 0 aliphatic rings.